The van der Waals surface area contributed by atoms with Gasteiger partial charge in [0.25, 0.3) is 0 Å². The van der Waals surface area contributed by atoms with Crippen LogP contribution in [0.2, 0.25) is 0 Å². The van der Waals surface area contributed by atoms with Gasteiger partial charge in [-0.3, -0.25) is 0 Å². The van der Waals surface area contributed by atoms with Crippen molar-refractivity contribution >= 4 is 5.82 Å². The Kier molecular flexibility index (Phi) is 3.65. The Morgan fingerprint density at radius 2 is 2.15 bits per heavy atom. The van der Waals surface area contributed by atoms with Gasteiger partial charge in [-0.25, -0.2) is 0 Å². The summed E-state index contributed by atoms with van der Waals surface area (Å²) in [5.74, 6) is 1.55. The van der Waals surface area contributed by atoms with Gasteiger partial charge < -0.3 is 10.6 Å². The number of hydrogen-bond acceptors (Lipinski definition) is 4. The molecule has 1 aliphatic heterocycles. The normalized spacial score (nSPS) is 18.5. The van der Waals surface area contributed by atoms with E-state index < -0.39 is 0 Å². The van der Waals surface area contributed by atoms with Crippen molar-refractivity contribution in [1.29, 1.82) is 0 Å². The standard InChI is InChI=1S/C16H20N4/c1-12-3-2-4-14(9-12)15-5-6-16(19-18-15)20-8-7-13(10-17)11-20/h2-6,9,13H,7-8,10-11,17H2,1H3. The molecule has 2 aromatic rings. The molecule has 1 atom stereocenters. The van der Waals surface area contributed by atoms with Crippen molar-refractivity contribution in [2.45, 2.75) is 13.3 Å². The lowest BCUT2D eigenvalue weighted by Crippen LogP contribution is -2.23. The number of aromatic nitrogens is 2. The number of nitrogens with two attached hydrogens (primary N) is 1. The van der Waals surface area contributed by atoms with Gasteiger partial charge in [-0.15, -0.1) is 10.2 Å². The summed E-state index contributed by atoms with van der Waals surface area (Å²) in [4.78, 5) is 2.27. The summed E-state index contributed by atoms with van der Waals surface area (Å²) in [7, 11) is 0. The van der Waals surface area contributed by atoms with Gasteiger partial charge in [-0.1, -0.05) is 23.8 Å². The highest BCUT2D eigenvalue weighted by atomic mass is 15.3. The molecule has 1 saturated heterocycles. The van der Waals surface area contributed by atoms with Gasteiger partial charge >= 0.3 is 0 Å². The highest BCUT2D eigenvalue weighted by molar-refractivity contribution is 5.60. The molecule has 2 heterocycles. The van der Waals surface area contributed by atoms with Gasteiger partial charge in [0.15, 0.2) is 5.82 Å². The molecule has 1 aliphatic rings. The molecule has 20 heavy (non-hydrogen) atoms. The maximum Gasteiger partial charge on any atom is 0.151 e. The zero-order chi connectivity index (χ0) is 13.9. The number of nitrogens with zero attached hydrogens (tertiary/aromatic N) is 3. The largest absolute Gasteiger partial charge is 0.355 e. The van der Waals surface area contributed by atoms with Gasteiger partial charge in [0.2, 0.25) is 0 Å². The molecule has 1 unspecified atom stereocenters. The van der Waals surface area contributed by atoms with Gasteiger partial charge in [0.05, 0.1) is 5.69 Å². The van der Waals surface area contributed by atoms with Crippen LogP contribution in [0.1, 0.15) is 12.0 Å². The van der Waals surface area contributed by atoms with Crippen LogP contribution < -0.4 is 10.6 Å². The molecule has 0 radical (unpaired) electrons. The Balaban J connectivity index is 1.78. The van der Waals surface area contributed by atoms with Crippen LogP contribution in [0, 0.1) is 12.8 Å². The highest BCUT2D eigenvalue weighted by Gasteiger charge is 2.22. The zero-order valence-corrected chi connectivity index (χ0v) is 11.8. The van der Waals surface area contributed by atoms with Crippen molar-refractivity contribution in [1.82, 2.24) is 10.2 Å². The van der Waals surface area contributed by atoms with E-state index in [1.807, 2.05) is 12.1 Å². The molecule has 2 N–H and O–H groups in total. The van der Waals surface area contributed by atoms with Crippen molar-refractivity contribution < 1.29 is 0 Å². The molecule has 0 aliphatic carbocycles. The van der Waals surface area contributed by atoms with Gasteiger partial charge in [0, 0.05) is 18.7 Å². The maximum absolute atomic E-state index is 5.73. The molecule has 0 saturated carbocycles. The number of aryl methyl sites for hydroxylation is 1. The molecule has 4 heteroatoms. The minimum atomic E-state index is 0.591. The Morgan fingerprint density at radius 3 is 2.80 bits per heavy atom. The third-order valence-electron chi connectivity index (χ3n) is 3.91. The molecule has 0 spiro atoms. The van der Waals surface area contributed by atoms with E-state index in [1.54, 1.807) is 0 Å². The average molecular weight is 268 g/mol. The van der Waals surface area contributed by atoms with Crippen LogP contribution in [0.3, 0.4) is 0 Å². The number of benzene rings is 1. The fourth-order valence-electron chi connectivity index (χ4n) is 2.69. The Labute approximate surface area is 119 Å². The van der Waals surface area contributed by atoms with Crippen LogP contribution in [-0.2, 0) is 0 Å². The predicted molar refractivity (Wildman–Crippen MR) is 81.6 cm³/mol. The van der Waals surface area contributed by atoms with Crippen LogP contribution in [0.15, 0.2) is 36.4 Å². The van der Waals surface area contributed by atoms with Crippen LogP contribution in [0.4, 0.5) is 5.82 Å². The number of anilines is 1. The summed E-state index contributed by atoms with van der Waals surface area (Å²) >= 11 is 0. The van der Waals surface area contributed by atoms with Crippen LogP contribution >= 0.6 is 0 Å². The SMILES string of the molecule is Cc1cccc(-c2ccc(N3CCC(CN)C3)nn2)c1. The molecule has 1 aromatic heterocycles. The molecule has 3 rings (SSSR count). The molecule has 0 amide bonds. The summed E-state index contributed by atoms with van der Waals surface area (Å²) in [6.45, 7) is 4.86. The van der Waals surface area contributed by atoms with Gasteiger partial charge in [-0.05, 0) is 44.0 Å². The van der Waals surface area contributed by atoms with Crippen molar-refractivity contribution in [3.8, 4) is 11.3 Å². The Hall–Kier alpha value is -1.94. The highest BCUT2D eigenvalue weighted by Crippen LogP contribution is 2.23. The average Bonchev–Trinajstić information content (AvgIpc) is 2.96. The summed E-state index contributed by atoms with van der Waals surface area (Å²) in [6, 6.07) is 12.4. The quantitative estimate of drug-likeness (QED) is 0.927. The van der Waals surface area contributed by atoms with Gasteiger partial charge in [-0.2, -0.15) is 0 Å². The summed E-state index contributed by atoms with van der Waals surface area (Å²) in [5, 5.41) is 8.73. The Morgan fingerprint density at radius 1 is 1.25 bits per heavy atom. The Bertz CT molecular complexity index is 579. The monoisotopic (exact) mass is 268 g/mol. The van der Waals surface area contributed by atoms with E-state index in [-0.39, 0.29) is 0 Å². The molecule has 1 aromatic carbocycles. The molecule has 4 nitrogen and oxygen atoms in total. The van der Waals surface area contributed by atoms with E-state index in [1.165, 1.54) is 5.56 Å². The molecule has 1 fully saturated rings. The van der Waals surface area contributed by atoms with E-state index >= 15 is 0 Å². The minimum Gasteiger partial charge on any atom is -0.355 e. The van der Waals surface area contributed by atoms with Crippen LogP contribution in [-0.4, -0.2) is 29.8 Å². The van der Waals surface area contributed by atoms with E-state index in [0.29, 0.717) is 5.92 Å². The van der Waals surface area contributed by atoms with Crippen molar-refractivity contribution in [2.24, 2.45) is 11.7 Å². The first kappa shape index (κ1) is 13.1. The second-order valence-corrected chi connectivity index (χ2v) is 5.48. The third kappa shape index (κ3) is 2.65. The van der Waals surface area contributed by atoms with Crippen molar-refractivity contribution in [3.05, 3.63) is 42.0 Å². The second-order valence-electron chi connectivity index (χ2n) is 5.48. The summed E-state index contributed by atoms with van der Waals surface area (Å²) in [6.07, 6.45) is 1.15. The zero-order valence-electron chi connectivity index (χ0n) is 11.8. The molecular formula is C16H20N4. The summed E-state index contributed by atoms with van der Waals surface area (Å²) < 4.78 is 0. The van der Waals surface area contributed by atoms with Crippen LogP contribution in [0.5, 0.6) is 0 Å². The fraction of sp³-hybridized carbons (Fsp3) is 0.375. The smallest absolute Gasteiger partial charge is 0.151 e. The van der Waals surface area contributed by atoms with E-state index in [4.69, 9.17) is 5.73 Å². The lowest BCUT2D eigenvalue weighted by atomic mass is 10.1. The topological polar surface area (TPSA) is 55.0 Å². The fourth-order valence-corrected chi connectivity index (χ4v) is 2.69. The first-order valence-corrected chi connectivity index (χ1v) is 7.12. The first-order valence-electron chi connectivity index (χ1n) is 7.12. The lowest BCUT2D eigenvalue weighted by molar-refractivity contribution is 0.602. The predicted octanol–water partition coefficient (Wildman–Crippen LogP) is 2.24. The summed E-state index contributed by atoms with van der Waals surface area (Å²) in [5.41, 5.74) is 9.00. The second kappa shape index (κ2) is 5.59. The third-order valence-corrected chi connectivity index (χ3v) is 3.91. The maximum atomic E-state index is 5.73. The van der Waals surface area contributed by atoms with Crippen LogP contribution in [0.25, 0.3) is 11.3 Å². The van der Waals surface area contributed by atoms with E-state index in [2.05, 4.69) is 46.3 Å². The molecular weight excluding hydrogens is 248 g/mol. The number of rotatable bonds is 3. The van der Waals surface area contributed by atoms with Crippen molar-refractivity contribution in [3.63, 3.8) is 0 Å². The molecule has 104 valence electrons. The minimum absolute atomic E-state index is 0.591. The van der Waals surface area contributed by atoms with Gasteiger partial charge in [0.1, 0.15) is 0 Å². The number of hydrogen-bond donors (Lipinski definition) is 1. The first-order chi connectivity index (χ1) is 9.76. The lowest BCUT2D eigenvalue weighted by Gasteiger charge is -2.16. The van der Waals surface area contributed by atoms with Crippen molar-refractivity contribution in [2.75, 3.05) is 24.5 Å². The molecule has 0 bridgehead atoms. The van der Waals surface area contributed by atoms with E-state index in [9.17, 15) is 0 Å². The van der Waals surface area contributed by atoms with E-state index in [0.717, 1.165) is 43.1 Å².